The number of hydrogen-bond acceptors (Lipinski definition) is 1. The largest absolute Gasteiger partial charge is 0.317 e. The summed E-state index contributed by atoms with van der Waals surface area (Å²) in [6.45, 7) is 0. The molecular weight excluding hydrogens is 279 g/mol. The van der Waals surface area contributed by atoms with Crippen molar-refractivity contribution in [2.45, 2.75) is 0 Å². The summed E-state index contributed by atoms with van der Waals surface area (Å²) >= 11 is 5.54. The van der Waals surface area contributed by atoms with Gasteiger partial charge in [0.2, 0.25) is 0 Å². The minimum atomic E-state index is -0.960. The van der Waals surface area contributed by atoms with E-state index in [2.05, 4.69) is 0 Å². The van der Waals surface area contributed by atoms with Crippen molar-refractivity contribution in [3.05, 3.63) is 64.4 Å². The summed E-state index contributed by atoms with van der Waals surface area (Å²) in [7, 11) is 0. The summed E-state index contributed by atoms with van der Waals surface area (Å²) in [6, 6.07) is 6.49. The third-order valence-electron chi connectivity index (χ3n) is 2.38. The van der Waals surface area contributed by atoms with E-state index in [0.717, 1.165) is 30.3 Å². The summed E-state index contributed by atoms with van der Waals surface area (Å²) in [5, 5.41) is 2.10. The average molecular weight is 286 g/mol. The molecule has 2 aromatic rings. The van der Waals surface area contributed by atoms with Crippen LogP contribution in [0.5, 0.6) is 0 Å². The van der Waals surface area contributed by atoms with Crippen LogP contribution in [0.2, 0.25) is 5.02 Å². The van der Waals surface area contributed by atoms with E-state index in [4.69, 9.17) is 11.6 Å². The van der Waals surface area contributed by atoms with Crippen LogP contribution in [-0.2, 0) is 0 Å². The van der Waals surface area contributed by atoms with Crippen LogP contribution in [0.25, 0.3) is 0 Å². The highest BCUT2D eigenvalue weighted by atomic mass is 35.5. The molecule has 2 nitrogen and oxygen atoms in total. The van der Waals surface area contributed by atoms with E-state index in [-0.39, 0.29) is 10.6 Å². The molecule has 0 saturated heterocycles. The smallest absolute Gasteiger partial charge is 0.258 e. The van der Waals surface area contributed by atoms with Gasteiger partial charge >= 0.3 is 0 Å². The Labute approximate surface area is 111 Å². The van der Waals surface area contributed by atoms with E-state index in [1.807, 2.05) is 5.32 Å². The molecule has 0 spiro atoms. The Morgan fingerprint density at radius 1 is 1.00 bits per heavy atom. The fourth-order valence-corrected chi connectivity index (χ4v) is 1.63. The molecule has 0 bridgehead atoms. The zero-order chi connectivity index (χ0) is 14.0. The topological polar surface area (TPSA) is 29.1 Å². The van der Waals surface area contributed by atoms with Crippen molar-refractivity contribution in [3.8, 4) is 0 Å². The Morgan fingerprint density at radius 2 is 1.63 bits per heavy atom. The summed E-state index contributed by atoms with van der Waals surface area (Å²) in [5.41, 5.74) is -0.978. The fraction of sp³-hybridized carbons (Fsp3) is 0. The Kier molecular flexibility index (Phi) is 3.76. The molecule has 0 radical (unpaired) electrons. The molecule has 1 amide bonds. The van der Waals surface area contributed by atoms with Crippen LogP contribution >= 0.6 is 11.6 Å². The summed E-state index contributed by atoms with van der Waals surface area (Å²) in [4.78, 5) is 11.7. The minimum absolute atomic E-state index is 0.117. The lowest BCUT2D eigenvalue weighted by Crippen LogP contribution is -2.15. The van der Waals surface area contributed by atoms with Crippen molar-refractivity contribution in [3.63, 3.8) is 0 Å². The Balaban J connectivity index is 2.31. The van der Waals surface area contributed by atoms with Crippen molar-refractivity contribution in [2.75, 3.05) is 5.32 Å². The van der Waals surface area contributed by atoms with Crippen LogP contribution in [0.3, 0.4) is 0 Å². The van der Waals surface area contributed by atoms with Gasteiger partial charge in [-0.05, 0) is 30.3 Å². The number of amides is 1. The van der Waals surface area contributed by atoms with Crippen LogP contribution in [0.15, 0.2) is 36.4 Å². The van der Waals surface area contributed by atoms with Crippen LogP contribution in [-0.4, -0.2) is 5.91 Å². The Morgan fingerprint density at radius 3 is 2.21 bits per heavy atom. The first-order valence-corrected chi connectivity index (χ1v) is 5.57. The minimum Gasteiger partial charge on any atom is -0.317 e. The zero-order valence-electron chi connectivity index (χ0n) is 9.38. The van der Waals surface area contributed by atoms with Gasteiger partial charge in [-0.15, -0.1) is 0 Å². The van der Waals surface area contributed by atoms with Crippen molar-refractivity contribution >= 4 is 23.2 Å². The number of carbonyl (C=O) groups is 1. The van der Waals surface area contributed by atoms with Crippen LogP contribution < -0.4 is 5.32 Å². The SMILES string of the molecule is O=C(Nc1c(F)cccc1F)c1ccc(Cl)cc1F. The molecule has 98 valence electrons. The predicted molar refractivity (Wildman–Crippen MR) is 65.7 cm³/mol. The maximum absolute atomic E-state index is 13.5. The number of para-hydroxylation sites is 1. The van der Waals surface area contributed by atoms with E-state index >= 15 is 0 Å². The molecule has 0 fully saturated rings. The van der Waals surface area contributed by atoms with E-state index < -0.39 is 29.0 Å². The molecule has 2 aromatic carbocycles. The number of halogens is 4. The lowest BCUT2D eigenvalue weighted by molar-refractivity contribution is 0.102. The van der Waals surface area contributed by atoms with Gasteiger partial charge in [0.1, 0.15) is 23.1 Å². The normalized spacial score (nSPS) is 10.3. The first-order chi connectivity index (χ1) is 8.99. The summed E-state index contributed by atoms with van der Waals surface area (Å²) in [6.07, 6.45) is 0. The fourth-order valence-electron chi connectivity index (χ4n) is 1.47. The molecular formula is C13H7ClF3NO. The van der Waals surface area contributed by atoms with Crippen molar-refractivity contribution in [2.24, 2.45) is 0 Å². The van der Waals surface area contributed by atoms with Crippen LogP contribution in [0.1, 0.15) is 10.4 Å². The lowest BCUT2D eigenvalue weighted by atomic mass is 10.2. The van der Waals surface area contributed by atoms with Gasteiger partial charge in [0.25, 0.3) is 5.91 Å². The second-order valence-corrected chi connectivity index (χ2v) is 4.11. The monoisotopic (exact) mass is 285 g/mol. The second kappa shape index (κ2) is 5.32. The maximum atomic E-state index is 13.5. The standard InChI is InChI=1S/C13H7ClF3NO/c14-7-4-5-8(11(17)6-7)13(19)18-12-9(15)2-1-3-10(12)16/h1-6H,(H,18,19). The van der Waals surface area contributed by atoms with Gasteiger partial charge in [0.05, 0.1) is 5.56 Å². The molecule has 6 heteroatoms. The second-order valence-electron chi connectivity index (χ2n) is 3.67. The molecule has 19 heavy (non-hydrogen) atoms. The van der Waals surface area contributed by atoms with E-state index in [9.17, 15) is 18.0 Å². The van der Waals surface area contributed by atoms with Crippen LogP contribution in [0, 0.1) is 17.5 Å². The van der Waals surface area contributed by atoms with E-state index in [0.29, 0.717) is 0 Å². The van der Waals surface area contributed by atoms with Gasteiger partial charge in [-0.25, -0.2) is 13.2 Å². The van der Waals surface area contributed by atoms with E-state index in [1.165, 1.54) is 6.07 Å². The molecule has 0 unspecified atom stereocenters. The molecule has 0 atom stereocenters. The van der Waals surface area contributed by atoms with Gasteiger partial charge in [-0.2, -0.15) is 0 Å². The molecule has 1 N–H and O–H groups in total. The zero-order valence-corrected chi connectivity index (χ0v) is 10.1. The van der Waals surface area contributed by atoms with Gasteiger partial charge < -0.3 is 5.32 Å². The first-order valence-electron chi connectivity index (χ1n) is 5.19. The molecule has 0 saturated carbocycles. The molecule has 0 heterocycles. The van der Waals surface area contributed by atoms with E-state index in [1.54, 1.807) is 0 Å². The van der Waals surface area contributed by atoms with Gasteiger partial charge in [0.15, 0.2) is 0 Å². The van der Waals surface area contributed by atoms with Gasteiger partial charge in [0, 0.05) is 5.02 Å². The lowest BCUT2D eigenvalue weighted by Gasteiger charge is -2.08. The third-order valence-corrected chi connectivity index (χ3v) is 2.61. The molecule has 2 rings (SSSR count). The highest BCUT2D eigenvalue weighted by Crippen LogP contribution is 2.20. The van der Waals surface area contributed by atoms with Crippen molar-refractivity contribution < 1.29 is 18.0 Å². The number of anilines is 1. The quantitative estimate of drug-likeness (QED) is 0.887. The number of hydrogen-bond donors (Lipinski definition) is 1. The van der Waals surface area contributed by atoms with Gasteiger partial charge in [-0.3, -0.25) is 4.79 Å². The first kappa shape index (κ1) is 13.4. The summed E-state index contributed by atoms with van der Waals surface area (Å²) in [5.74, 6) is -3.72. The van der Waals surface area contributed by atoms with Crippen molar-refractivity contribution in [1.82, 2.24) is 0 Å². The molecule has 0 aliphatic rings. The van der Waals surface area contributed by atoms with Crippen molar-refractivity contribution in [1.29, 1.82) is 0 Å². The molecule has 0 aliphatic heterocycles. The average Bonchev–Trinajstić information content (AvgIpc) is 2.33. The number of carbonyl (C=O) groups excluding carboxylic acids is 1. The number of rotatable bonds is 2. The van der Waals surface area contributed by atoms with Crippen LogP contribution in [0.4, 0.5) is 18.9 Å². The summed E-state index contributed by atoms with van der Waals surface area (Å²) < 4.78 is 40.1. The van der Waals surface area contributed by atoms with Gasteiger partial charge in [-0.1, -0.05) is 17.7 Å². The number of benzene rings is 2. The highest BCUT2D eigenvalue weighted by Gasteiger charge is 2.16. The Hall–Kier alpha value is -2.01. The Bertz CT molecular complexity index is 626. The number of nitrogens with one attached hydrogen (secondary N) is 1. The molecule has 0 aromatic heterocycles. The predicted octanol–water partition coefficient (Wildman–Crippen LogP) is 4.01. The molecule has 0 aliphatic carbocycles. The highest BCUT2D eigenvalue weighted by molar-refractivity contribution is 6.30. The maximum Gasteiger partial charge on any atom is 0.258 e. The third kappa shape index (κ3) is 2.88.